The fourth-order valence-electron chi connectivity index (χ4n) is 3.92. The van der Waals surface area contributed by atoms with Crippen molar-refractivity contribution >= 4 is 17.4 Å². The van der Waals surface area contributed by atoms with Gasteiger partial charge in [-0.1, -0.05) is 24.3 Å². The minimum atomic E-state index is -4.79. The van der Waals surface area contributed by atoms with Gasteiger partial charge >= 0.3 is 12.1 Å². The summed E-state index contributed by atoms with van der Waals surface area (Å²) in [5, 5.41) is 13.9. The van der Waals surface area contributed by atoms with Crippen LogP contribution in [0.1, 0.15) is 64.1 Å². The highest BCUT2D eigenvalue weighted by Gasteiger charge is 2.48. The highest BCUT2D eigenvalue weighted by Crippen LogP contribution is 2.38. The van der Waals surface area contributed by atoms with Crippen LogP contribution in [0.5, 0.6) is 0 Å². The molecule has 0 unspecified atom stereocenters. The molecule has 2 aliphatic rings. The van der Waals surface area contributed by atoms with E-state index < -0.39 is 53.4 Å². The van der Waals surface area contributed by atoms with Gasteiger partial charge in [-0.15, -0.1) is 0 Å². The van der Waals surface area contributed by atoms with Crippen molar-refractivity contribution in [2.75, 3.05) is 0 Å². The van der Waals surface area contributed by atoms with Gasteiger partial charge in [-0.05, 0) is 51.7 Å². The van der Waals surface area contributed by atoms with Crippen LogP contribution < -0.4 is 10.6 Å². The summed E-state index contributed by atoms with van der Waals surface area (Å²) in [4.78, 5) is 24.4. The fraction of sp³-hybridized carbons (Fsp3) is 0.542. The van der Waals surface area contributed by atoms with Crippen LogP contribution in [0.4, 0.5) is 17.6 Å². The predicted octanol–water partition coefficient (Wildman–Crippen LogP) is 4.28. The molecule has 1 amide bonds. The van der Waals surface area contributed by atoms with E-state index >= 15 is 0 Å². The molecule has 0 spiro atoms. The number of nitrogens with one attached hydrogen (secondary N) is 2. The van der Waals surface area contributed by atoms with Gasteiger partial charge < -0.3 is 10.1 Å². The average Bonchev–Trinajstić information content (AvgIpc) is 3.41. The topological polar surface area (TPSA) is 91.2 Å². The zero-order valence-electron chi connectivity index (χ0n) is 19.3. The van der Waals surface area contributed by atoms with E-state index in [1.807, 2.05) is 6.07 Å². The van der Waals surface area contributed by atoms with Crippen LogP contribution in [0.3, 0.4) is 0 Å². The molecule has 3 rings (SSSR count). The Kier molecular flexibility index (Phi) is 6.57. The summed E-state index contributed by atoms with van der Waals surface area (Å²) in [5.74, 6) is -1.39. The molecular weight excluding hydrogens is 454 g/mol. The van der Waals surface area contributed by atoms with Crippen molar-refractivity contribution in [1.82, 2.24) is 10.6 Å². The van der Waals surface area contributed by atoms with Crippen LogP contribution in [0.2, 0.25) is 0 Å². The number of hydrogen-bond acceptors (Lipinski definition) is 5. The van der Waals surface area contributed by atoms with E-state index in [2.05, 4.69) is 10.6 Å². The molecule has 10 heteroatoms. The van der Waals surface area contributed by atoms with Crippen molar-refractivity contribution in [1.29, 1.82) is 5.26 Å². The number of carbonyl (C=O) groups is 2. The van der Waals surface area contributed by atoms with Crippen LogP contribution in [0.15, 0.2) is 30.3 Å². The van der Waals surface area contributed by atoms with Crippen molar-refractivity contribution in [3.8, 4) is 6.07 Å². The summed E-state index contributed by atoms with van der Waals surface area (Å²) in [6, 6.07) is 3.52. The van der Waals surface area contributed by atoms with Crippen LogP contribution in [-0.4, -0.2) is 40.9 Å². The third-order valence-corrected chi connectivity index (χ3v) is 5.85. The number of rotatable bonds is 8. The maximum absolute atomic E-state index is 14.4. The number of cyclic esters (lactones) is 1. The van der Waals surface area contributed by atoms with Crippen LogP contribution >= 0.6 is 0 Å². The van der Waals surface area contributed by atoms with E-state index in [9.17, 15) is 32.4 Å². The van der Waals surface area contributed by atoms with Gasteiger partial charge in [0.05, 0.1) is 12.1 Å². The maximum atomic E-state index is 14.4. The molecule has 1 heterocycles. The Morgan fingerprint density at radius 1 is 1.18 bits per heavy atom. The standard InChI is InChI=1S/C24H27F4N3O3/c1-21(2,25)12-17(20(33)31-23(13-29)9-10-23)30-19(24(26,27)28)15-7-5-14(6-8-15)16-11-18(32)34-22(16,3)4/h5-8,11,17,19,30H,9-10,12H2,1-4H3,(H,31,33)/t17-,19-/m0/s1. The van der Waals surface area contributed by atoms with Gasteiger partial charge in [-0.2, -0.15) is 18.4 Å². The molecule has 2 N–H and O–H groups in total. The molecule has 1 aliphatic heterocycles. The minimum absolute atomic E-state index is 0.184. The predicted molar refractivity (Wildman–Crippen MR) is 116 cm³/mol. The number of nitriles is 1. The largest absolute Gasteiger partial charge is 0.452 e. The second-order valence-corrected chi connectivity index (χ2v) is 9.91. The molecule has 2 atom stereocenters. The van der Waals surface area contributed by atoms with Gasteiger partial charge in [0.2, 0.25) is 5.91 Å². The maximum Gasteiger partial charge on any atom is 0.407 e. The second-order valence-electron chi connectivity index (χ2n) is 9.91. The Labute approximate surface area is 195 Å². The third kappa shape index (κ3) is 5.95. The average molecular weight is 481 g/mol. The first-order valence-electron chi connectivity index (χ1n) is 10.9. The SMILES string of the molecule is CC(C)(F)C[C@H](N[C@@H](c1ccc(C2=CC(=O)OC2(C)C)cc1)C(F)(F)F)C(=O)NC1(C#N)CC1. The Hall–Kier alpha value is -2.93. The third-order valence-electron chi connectivity index (χ3n) is 5.85. The van der Waals surface area contributed by atoms with E-state index in [1.165, 1.54) is 44.2 Å². The fourth-order valence-corrected chi connectivity index (χ4v) is 3.92. The summed E-state index contributed by atoms with van der Waals surface area (Å²) in [6.07, 6.45) is -3.24. The first-order chi connectivity index (χ1) is 15.6. The number of ether oxygens (including phenoxy) is 1. The summed E-state index contributed by atoms with van der Waals surface area (Å²) in [7, 11) is 0. The lowest BCUT2D eigenvalue weighted by atomic mass is 9.91. The Bertz CT molecular complexity index is 1030. The van der Waals surface area contributed by atoms with Gasteiger partial charge in [0.25, 0.3) is 0 Å². The smallest absolute Gasteiger partial charge is 0.407 e. The highest BCUT2D eigenvalue weighted by atomic mass is 19.4. The normalized spacial score (nSPS) is 20.6. The van der Waals surface area contributed by atoms with Crippen LogP contribution in [0, 0.1) is 11.3 Å². The second kappa shape index (κ2) is 8.69. The van der Waals surface area contributed by atoms with Crippen molar-refractivity contribution in [2.45, 2.75) is 82.0 Å². The number of benzene rings is 1. The number of amides is 1. The van der Waals surface area contributed by atoms with Crippen molar-refractivity contribution < 1.29 is 31.9 Å². The van der Waals surface area contributed by atoms with E-state index in [1.54, 1.807) is 13.8 Å². The number of hydrogen-bond donors (Lipinski definition) is 2. The zero-order chi connectivity index (χ0) is 25.5. The molecule has 1 fully saturated rings. The van der Waals surface area contributed by atoms with E-state index in [0.29, 0.717) is 24.0 Å². The van der Waals surface area contributed by atoms with Crippen LogP contribution in [0.25, 0.3) is 5.57 Å². The van der Waals surface area contributed by atoms with Crippen LogP contribution in [-0.2, 0) is 14.3 Å². The van der Waals surface area contributed by atoms with E-state index in [0.717, 1.165) is 0 Å². The molecule has 0 bridgehead atoms. The summed E-state index contributed by atoms with van der Waals surface area (Å²) < 4.78 is 61.7. The minimum Gasteiger partial charge on any atom is -0.452 e. The van der Waals surface area contributed by atoms with Gasteiger partial charge in [0, 0.05) is 18.1 Å². The van der Waals surface area contributed by atoms with E-state index in [4.69, 9.17) is 4.74 Å². The van der Waals surface area contributed by atoms with Crippen molar-refractivity contribution in [2.24, 2.45) is 0 Å². The molecule has 0 saturated heterocycles. The van der Waals surface area contributed by atoms with Gasteiger partial charge in [0.15, 0.2) is 0 Å². The molecule has 6 nitrogen and oxygen atoms in total. The lowest BCUT2D eigenvalue weighted by Gasteiger charge is -2.30. The first kappa shape index (κ1) is 25.7. The van der Waals surface area contributed by atoms with Crippen molar-refractivity contribution in [3.05, 3.63) is 41.5 Å². The molecule has 0 radical (unpaired) electrons. The molecule has 1 aliphatic carbocycles. The highest BCUT2D eigenvalue weighted by molar-refractivity contribution is 5.98. The summed E-state index contributed by atoms with van der Waals surface area (Å²) >= 11 is 0. The number of halogens is 4. The van der Waals surface area contributed by atoms with Gasteiger partial charge in [-0.3, -0.25) is 10.1 Å². The van der Waals surface area contributed by atoms with Gasteiger partial charge in [0.1, 0.15) is 22.9 Å². The Morgan fingerprint density at radius 2 is 1.76 bits per heavy atom. The van der Waals surface area contributed by atoms with Crippen molar-refractivity contribution in [3.63, 3.8) is 0 Å². The number of carbonyl (C=O) groups excluding carboxylic acids is 2. The molecule has 34 heavy (non-hydrogen) atoms. The molecule has 1 aromatic rings. The molecule has 184 valence electrons. The molecule has 1 saturated carbocycles. The van der Waals surface area contributed by atoms with Gasteiger partial charge in [-0.25, -0.2) is 9.18 Å². The van der Waals surface area contributed by atoms with E-state index in [-0.39, 0.29) is 5.56 Å². The number of nitrogens with zero attached hydrogens (tertiary/aromatic N) is 1. The quantitative estimate of drug-likeness (QED) is 0.427. The molecular formula is C24H27F4N3O3. The molecule has 0 aromatic heterocycles. The Morgan fingerprint density at radius 3 is 2.18 bits per heavy atom. The summed E-state index contributed by atoms with van der Waals surface area (Å²) in [6.45, 7) is 5.69. The lowest BCUT2D eigenvalue weighted by molar-refractivity contribution is -0.161. The monoisotopic (exact) mass is 481 g/mol. The Balaban J connectivity index is 1.88. The number of esters is 1. The number of alkyl halides is 4. The summed E-state index contributed by atoms with van der Waals surface area (Å²) in [5.41, 5.74) is -3.10. The lowest BCUT2D eigenvalue weighted by Crippen LogP contribution is -2.53. The first-order valence-corrected chi connectivity index (χ1v) is 10.9. The zero-order valence-corrected chi connectivity index (χ0v) is 19.3. The molecule has 1 aromatic carbocycles.